The molecule has 126 heavy (non-hydrogen) atoms. The quantitative estimate of drug-likeness (QED) is 0.104. The normalized spacial score (nSPS) is 21.7. The average molecular weight is 1760 g/mol. The lowest BCUT2D eigenvalue weighted by Crippen LogP contribution is -2.50. The van der Waals surface area contributed by atoms with Crippen LogP contribution < -0.4 is 0 Å². The minimum Gasteiger partial charge on any atom is -0.372 e. The molecule has 3 fully saturated rings. The third-order valence-electron chi connectivity index (χ3n) is 27.3. The lowest BCUT2D eigenvalue weighted by atomic mass is 9.92. The van der Waals surface area contributed by atoms with Crippen molar-refractivity contribution in [3.8, 4) is 0 Å². The van der Waals surface area contributed by atoms with Crippen molar-refractivity contribution in [2.45, 2.75) is 490 Å². The third-order valence-corrected chi connectivity index (χ3v) is 27.3. The first-order valence-corrected chi connectivity index (χ1v) is 52.6. The summed E-state index contributed by atoms with van der Waals surface area (Å²) >= 11 is 0. The fraction of sp³-hybridized carbons (Fsp3) is 0.839. The van der Waals surface area contributed by atoms with Gasteiger partial charge in [0.2, 0.25) is 0 Å². The Morgan fingerprint density at radius 2 is 0.706 bits per heavy atom. The van der Waals surface area contributed by atoms with Gasteiger partial charge >= 0.3 is 0 Å². The number of hydrogen-bond acceptors (Lipinski definition) is 13. The lowest BCUT2D eigenvalue weighted by molar-refractivity contribution is 0.0808. The van der Waals surface area contributed by atoms with Gasteiger partial charge in [-0.2, -0.15) is 0 Å². The van der Waals surface area contributed by atoms with Crippen LogP contribution in [0.1, 0.15) is 387 Å². The van der Waals surface area contributed by atoms with E-state index in [-0.39, 0.29) is 0 Å². The number of hydrogen-bond donors (Lipinski definition) is 0. The first-order valence-electron chi connectivity index (χ1n) is 52.6. The standard InChI is InChI=1S/C11H23N.3C11H21N.C10H22N2.3C10H19N.C10H17N.C9H20N2.C9H18N2/c4*1-9(2)11-7-5-6-8-12(11)10(3)4;1-9(2)11-5-7-12(8-6-11)10(3)4;4*1-8(2)10-6-5-7-11(10)9(3)4;2*1-8(2)10-5-6-11(7-10)9(3)4/h9-11H,5-8H2,1-4H3;7,9-10H,5-6,8H2,1-4H3;6,8-11H,5,7H2,1-4H3;5-6,9-11H,7-8H2,1-4H3;9-10H,5-8H2,1-4H3;6,8-9H,5,7H2,1-4H3;5,7-10H,6H2,1-4H3;5-6,8-10H,7H2,1-4H3;5-9H,1-4H3;8-9H,5-7H2,1-4H3;5-6,8-9H,7H2,1-4H3. The molecule has 5 unspecified atom stereocenters. The van der Waals surface area contributed by atoms with Gasteiger partial charge in [0.15, 0.2) is 0 Å². The second-order valence-electron chi connectivity index (χ2n) is 44.7. The van der Waals surface area contributed by atoms with Crippen LogP contribution in [0.15, 0.2) is 103 Å². The summed E-state index contributed by atoms with van der Waals surface area (Å²) in [5.74, 6) is 5.91. The fourth-order valence-electron chi connectivity index (χ4n) is 19.0. The molecule has 738 valence electrons. The number of allylic oxidation sites excluding steroid dienone is 4. The second-order valence-corrected chi connectivity index (χ2v) is 44.7. The maximum absolute atomic E-state index is 2.67. The van der Waals surface area contributed by atoms with E-state index in [0.29, 0.717) is 90.3 Å². The smallest absolute Gasteiger partial charge is 0.0898 e. The molecule has 5 atom stereocenters. The Labute approximate surface area is 788 Å². The molecule has 10 aliphatic heterocycles. The summed E-state index contributed by atoms with van der Waals surface area (Å²) in [7, 11) is 0. The zero-order valence-corrected chi connectivity index (χ0v) is 92.3. The number of piperidine rings is 1. The van der Waals surface area contributed by atoms with Crippen molar-refractivity contribution in [3.05, 3.63) is 109 Å². The van der Waals surface area contributed by atoms with Crippen LogP contribution in [0.2, 0.25) is 0 Å². The van der Waals surface area contributed by atoms with Crippen LogP contribution in [-0.2, 0) is 0 Å². The van der Waals surface area contributed by atoms with Gasteiger partial charge < -0.3 is 34.0 Å². The van der Waals surface area contributed by atoms with E-state index >= 15 is 0 Å². The molecule has 11 rings (SSSR count). The molecule has 0 aliphatic carbocycles. The molecule has 0 radical (unpaired) electrons. The Balaban J connectivity index is 0.000000693. The highest BCUT2D eigenvalue weighted by atomic mass is 15.4. The van der Waals surface area contributed by atoms with Gasteiger partial charge in [-0.3, -0.25) is 34.3 Å². The predicted octanol–water partition coefficient (Wildman–Crippen LogP) is 27.1. The van der Waals surface area contributed by atoms with Crippen molar-refractivity contribution in [3.63, 3.8) is 0 Å². The Kier molecular flexibility index (Phi) is 60.2. The fourth-order valence-corrected chi connectivity index (χ4v) is 19.0. The summed E-state index contributed by atoms with van der Waals surface area (Å²) in [4.78, 5) is 32.6. The van der Waals surface area contributed by atoms with Crippen molar-refractivity contribution in [1.82, 2.24) is 68.3 Å². The summed E-state index contributed by atoms with van der Waals surface area (Å²) in [6.45, 7) is 116. The van der Waals surface area contributed by atoms with E-state index in [1.165, 1.54) is 129 Å². The van der Waals surface area contributed by atoms with Crippen LogP contribution in [-0.4, -0.2) is 262 Å². The summed E-state index contributed by atoms with van der Waals surface area (Å²) in [6.07, 6.45) is 42.8. The topological polar surface area (TPSA) is 47.1 Å². The van der Waals surface area contributed by atoms with Crippen molar-refractivity contribution in [2.24, 2.45) is 41.4 Å². The molecule has 14 nitrogen and oxygen atoms in total. The molecule has 1 aromatic rings. The van der Waals surface area contributed by atoms with Gasteiger partial charge in [0.05, 0.1) is 13.3 Å². The molecule has 14 heteroatoms. The minimum atomic E-state index is 0.586. The highest BCUT2D eigenvalue weighted by Crippen LogP contribution is 2.31. The number of likely N-dealkylation sites (tertiary alicyclic amines) is 1. The summed E-state index contributed by atoms with van der Waals surface area (Å²) in [6, 6.07) is 17.5. The molecule has 0 saturated carbocycles. The average Bonchev–Trinajstić information content (AvgIpc) is 1.83. The van der Waals surface area contributed by atoms with E-state index in [2.05, 4.69) is 465 Å². The predicted molar refractivity (Wildman–Crippen MR) is 564 cm³/mol. The van der Waals surface area contributed by atoms with Crippen LogP contribution >= 0.6 is 0 Å². The van der Waals surface area contributed by atoms with Crippen molar-refractivity contribution in [2.75, 3.05) is 85.3 Å². The molecule has 11 heterocycles. The van der Waals surface area contributed by atoms with Gasteiger partial charge in [-0.05, 0) is 330 Å². The van der Waals surface area contributed by atoms with Crippen LogP contribution in [0.3, 0.4) is 0 Å². The zero-order chi connectivity index (χ0) is 96.3. The zero-order valence-electron chi connectivity index (χ0n) is 92.3. The molecule has 0 bridgehead atoms. The maximum Gasteiger partial charge on any atom is 0.0898 e. The first kappa shape index (κ1) is 120. The number of nitrogens with zero attached hydrogens (tertiary/aromatic N) is 14. The number of rotatable bonds is 22. The van der Waals surface area contributed by atoms with Gasteiger partial charge in [-0.15, -0.1) is 0 Å². The van der Waals surface area contributed by atoms with Gasteiger partial charge in [0.1, 0.15) is 0 Å². The van der Waals surface area contributed by atoms with E-state index in [1.54, 1.807) is 11.4 Å². The van der Waals surface area contributed by atoms with Gasteiger partial charge in [0.25, 0.3) is 0 Å². The van der Waals surface area contributed by atoms with Gasteiger partial charge in [-0.1, -0.05) is 166 Å². The number of aromatic nitrogens is 1. The number of piperazine rings is 1. The molecule has 0 amide bonds. The molecule has 3 saturated heterocycles. The maximum atomic E-state index is 2.67. The van der Waals surface area contributed by atoms with Crippen molar-refractivity contribution >= 4 is 0 Å². The van der Waals surface area contributed by atoms with E-state index in [1.807, 2.05) is 0 Å². The molecular weight excluding hydrogens is 1540 g/mol. The van der Waals surface area contributed by atoms with Crippen molar-refractivity contribution < 1.29 is 0 Å². The lowest BCUT2D eigenvalue weighted by Gasteiger charge is -2.40. The SMILES string of the molecule is CC(C)C1=CCCCN1C(C)C.CC(C)C1=CCCN1C(C)C.CC(C)C1C=CCN1C(C)C.CC(C)C1CC=CCN1C(C)C.CC(C)C1CC=CN1C(C)C.CC(C)C1CCC=CN1C(C)C.CC(C)C1CCCCN1C(C)C.CC(C)N1C=CN(C(C)C)C1.CC(C)N1CCN(C(C)C)C1.CC(C)N1CCN(C(C)C)CC1.CC(C)c1cccn1C(C)C. The Morgan fingerprint density at radius 1 is 0.278 bits per heavy atom. The van der Waals surface area contributed by atoms with E-state index in [0.717, 1.165) is 98.3 Å². The van der Waals surface area contributed by atoms with Gasteiger partial charge in [-0.25, -0.2) is 0 Å². The monoisotopic (exact) mass is 1760 g/mol. The largest absolute Gasteiger partial charge is 0.372 e. The Bertz CT molecular complexity index is 2920. The summed E-state index contributed by atoms with van der Waals surface area (Å²) < 4.78 is 2.32. The molecule has 1 aromatic heterocycles. The van der Waals surface area contributed by atoms with Crippen molar-refractivity contribution in [1.29, 1.82) is 0 Å². The van der Waals surface area contributed by atoms with E-state index in [9.17, 15) is 0 Å². The molecular formula is C112H220N14. The van der Waals surface area contributed by atoms with Crippen LogP contribution in [0.4, 0.5) is 0 Å². The van der Waals surface area contributed by atoms with E-state index < -0.39 is 0 Å². The van der Waals surface area contributed by atoms with Crippen LogP contribution in [0, 0.1) is 41.4 Å². The van der Waals surface area contributed by atoms with Gasteiger partial charge in [0, 0.05) is 216 Å². The minimum absolute atomic E-state index is 0.586. The Hall–Kier alpha value is -4.02. The molecule has 0 aromatic carbocycles. The Morgan fingerprint density at radius 3 is 1.04 bits per heavy atom. The molecule has 0 spiro atoms. The first-order chi connectivity index (χ1) is 58.8. The van der Waals surface area contributed by atoms with E-state index in [4.69, 9.17) is 0 Å². The summed E-state index contributed by atoms with van der Waals surface area (Å²) in [5, 5.41) is 0. The molecule has 0 N–H and O–H groups in total. The highest BCUT2D eigenvalue weighted by Gasteiger charge is 2.31. The van der Waals surface area contributed by atoms with Crippen LogP contribution in [0.25, 0.3) is 0 Å². The summed E-state index contributed by atoms with van der Waals surface area (Å²) in [5.41, 5.74) is 4.52. The second kappa shape index (κ2) is 63.2. The highest BCUT2D eigenvalue weighted by molar-refractivity contribution is 5.13. The van der Waals surface area contributed by atoms with Crippen LogP contribution in [0.5, 0.6) is 0 Å². The molecule has 10 aliphatic rings. The third kappa shape index (κ3) is 44.2.